The minimum atomic E-state index is -4.53. The van der Waals surface area contributed by atoms with Gasteiger partial charge >= 0.3 is 12.4 Å². The van der Waals surface area contributed by atoms with Gasteiger partial charge in [0.1, 0.15) is 6.17 Å². The minimum absolute atomic E-state index is 0.0410. The van der Waals surface area contributed by atoms with Crippen molar-refractivity contribution < 1.29 is 49.9 Å². The lowest BCUT2D eigenvalue weighted by Gasteiger charge is -2.16. The molecule has 20 nitrogen and oxygen atoms in total. The number of hydrogen-bond acceptors (Lipinski definition) is 14. The number of anilines is 2. The number of aryl methyl sites for hydroxylation is 3. The number of nitrogens with zero attached hydrogens (tertiary/aromatic N) is 12. The first kappa shape index (κ1) is 52.1. The Bertz CT molecular complexity index is 2640. The molecule has 0 aliphatic rings. The fourth-order valence-electron chi connectivity index (χ4n) is 6.06. The molecule has 6 aromatic rings. The number of aromatic nitrogens is 12. The predicted octanol–water partition coefficient (Wildman–Crippen LogP) is 4.69. The van der Waals surface area contributed by atoms with E-state index < -0.39 is 47.7 Å². The maximum absolute atomic E-state index is 14.3. The summed E-state index contributed by atoms with van der Waals surface area (Å²) in [5, 5.41) is 40.8. The van der Waals surface area contributed by atoms with Gasteiger partial charge < -0.3 is 21.3 Å². The summed E-state index contributed by atoms with van der Waals surface area (Å²) in [5.74, 6) is -3.09. The topological polar surface area (TPSA) is 255 Å². The van der Waals surface area contributed by atoms with Crippen LogP contribution in [0.1, 0.15) is 87.0 Å². The van der Waals surface area contributed by atoms with E-state index in [0.717, 1.165) is 43.8 Å². The molecule has 2 atom stereocenters. The monoisotopic (exact) mass is 970 g/mol. The van der Waals surface area contributed by atoms with Crippen molar-refractivity contribution in [3.05, 3.63) is 119 Å². The number of carbonyl (C=O) groups excluding carboxylic acids is 4. The van der Waals surface area contributed by atoms with Crippen molar-refractivity contribution in [2.75, 3.05) is 24.7 Å². The van der Waals surface area contributed by atoms with Gasteiger partial charge in [-0.2, -0.15) is 36.5 Å². The van der Waals surface area contributed by atoms with Crippen LogP contribution < -0.4 is 21.3 Å². The highest BCUT2D eigenvalue weighted by Gasteiger charge is 2.37. The first-order valence-corrected chi connectivity index (χ1v) is 21.0. The maximum atomic E-state index is 14.3. The molecule has 0 fully saturated rings. The van der Waals surface area contributed by atoms with Gasteiger partial charge in [0.2, 0.25) is 11.8 Å². The molecule has 6 rings (SSSR count). The average molecular weight is 971 g/mol. The first-order chi connectivity index (χ1) is 32.8. The van der Waals surface area contributed by atoms with E-state index in [1.54, 1.807) is 29.1 Å². The Labute approximate surface area is 388 Å². The third-order valence-electron chi connectivity index (χ3n) is 9.80. The highest BCUT2D eigenvalue weighted by Crippen LogP contribution is 2.34. The van der Waals surface area contributed by atoms with Crippen LogP contribution >= 0.6 is 0 Å². The normalized spacial score (nSPS) is 12.3. The van der Waals surface area contributed by atoms with Crippen LogP contribution in [0.3, 0.4) is 0 Å². The lowest BCUT2D eigenvalue weighted by molar-refractivity contribution is -0.146. The molecule has 0 aliphatic carbocycles. The summed E-state index contributed by atoms with van der Waals surface area (Å²) in [4.78, 5) is 55.1. The molecule has 0 radical (unpaired) electrons. The molecule has 0 aromatic carbocycles. The lowest BCUT2D eigenvalue weighted by Crippen LogP contribution is -2.19. The van der Waals surface area contributed by atoms with E-state index >= 15 is 0 Å². The Morgan fingerprint density at radius 1 is 0.638 bits per heavy atom. The van der Waals surface area contributed by atoms with Crippen molar-refractivity contribution in [3.63, 3.8) is 0 Å². The van der Waals surface area contributed by atoms with Gasteiger partial charge in [0.25, 0.3) is 11.8 Å². The van der Waals surface area contributed by atoms with E-state index in [1.807, 2.05) is 0 Å². The molecule has 366 valence electrons. The van der Waals surface area contributed by atoms with Gasteiger partial charge in [0, 0.05) is 38.7 Å². The number of unbranched alkanes of at least 4 members (excludes halogenated alkanes) is 1. The second-order valence-electron chi connectivity index (χ2n) is 15.1. The molecule has 0 aliphatic heterocycles. The summed E-state index contributed by atoms with van der Waals surface area (Å²) >= 11 is 0. The van der Waals surface area contributed by atoms with Crippen molar-refractivity contribution in [1.82, 2.24) is 71.0 Å². The summed E-state index contributed by atoms with van der Waals surface area (Å²) < 4.78 is 94.2. The molecule has 1 unspecified atom stereocenters. The van der Waals surface area contributed by atoms with E-state index in [1.165, 1.54) is 49.4 Å². The van der Waals surface area contributed by atoms with Crippen LogP contribution in [0.15, 0.2) is 73.3 Å². The van der Waals surface area contributed by atoms with Crippen LogP contribution in [0.25, 0.3) is 0 Å². The Morgan fingerprint density at radius 2 is 1.17 bits per heavy atom. The van der Waals surface area contributed by atoms with Gasteiger partial charge in [-0.05, 0) is 93.1 Å². The van der Waals surface area contributed by atoms with Crippen molar-refractivity contribution in [2.24, 2.45) is 0 Å². The Kier molecular flexibility index (Phi) is 18.3. The van der Waals surface area contributed by atoms with Crippen LogP contribution in [-0.4, -0.2) is 110 Å². The van der Waals surface area contributed by atoms with Crippen molar-refractivity contribution in [2.45, 2.75) is 89.4 Å². The summed E-state index contributed by atoms with van der Waals surface area (Å²) in [5.41, 5.74) is 0.910. The van der Waals surface area contributed by atoms with E-state index in [-0.39, 0.29) is 78.1 Å². The standard InChI is InChI=1S/C22H25F3N8O2.C20H20F4N8O2/c1-14(22(23,24)25)15-8-9-27-17(11-15)12-20(34)28-19-7-6-16(29-31-19)5-3-4-10-33-13-18(30-32-33)21(35)26-2;1-25-19(34)16-11-32(31-29-16)10-13(21)2-3-14-4-5-17(30-28-14)27-18(33)9-15-8-12(6-7-26-15)20(22,23)24/h6-9,11,13-14H,3-5,10,12H2,1-2H3,(H,26,35)(H,28,31,34);4-8,11,13H,2-3,9-10H2,1H3,(H,25,34)(H,27,30,33)/t;13-/m.1/s1. The number of rotatable bonds is 19. The first-order valence-electron chi connectivity index (χ1n) is 21.0. The van der Waals surface area contributed by atoms with Crippen molar-refractivity contribution >= 4 is 35.3 Å². The largest absolute Gasteiger partial charge is 0.416 e. The molecule has 6 aromatic heterocycles. The number of halogens is 7. The van der Waals surface area contributed by atoms with Gasteiger partial charge in [-0.3, -0.25) is 33.8 Å². The molecular formula is C42H45F7N16O4. The smallest absolute Gasteiger partial charge is 0.354 e. The fraction of sp³-hybridized carbons (Fsp3) is 0.381. The van der Waals surface area contributed by atoms with Gasteiger partial charge in [-0.1, -0.05) is 10.4 Å². The highest BCUT2D eigenvalue weighted by molar-refractivity contribution is 5.92. The Hall–Kier alpha value is -7.87. The molecular weight excluding hydrogens is 926 g/mol. The summed E-state index contributed by atoms with van der Waals surface area (Å²) in [6.45, 7) is 1.58. The van der Waals surface area contributed by atoms with E-state index in [2.05, 4.69) is 72.3 Å². The maximum Gasteiger partial charge on any atom is 0.416 e. The molecule has 4 N–H and O–H groups in total. The van der Waals surface area contributed by atoms with Crippen molar-refractivity contribution in [3.8, 4) is 0 Å². The van der Waals surface area contributed by atoms with Crippen molar-refractivity contribution in [1.29, 1.82) is 0 Å². The number of nitrogens with one attached hydrogen (secondary N) is 4. The van der Waals surface area contributed by atoms with Crippen LogP contribution in [0.4, 0.5) is 42.4 Å². The summed E-state index contributed by atoms with van der Waals surface area (Å²) in [6, 6.07) is 10.6. The third-order valence-corrected chi connectivity index (χ3v) is 9.80. The van der Waals surface area contributed by atoms with Gasteiger partial charge in [0.05, 0.1) is 60.3 Å². The van der Waals surface area contributed by atoms with E-state index in [4.69, 9.17) is 0 Å². The zero-order valence-corrected chi connectivity index (χ0v) is 37.1. The zero-order valence-electron chi connectivity index (χ0n) is 37.1. The Balaban J connectivity index is 0.000000258. The summed E-state index contributed by atoms with van der Waals surface area (Å²) in [6.07, 6.45) is -2.95. The van der Waals surface area contributed by atoms with Gasteiger partial charge in [0.15, 0.2) is 23.0 Å². The second-order valence-corrected chi connectivity index (χ2v) is 15.1. The third kappa shape index (κ3) is 16.8. The number of amides is 4. The molecule has 69 heavy (non-hydrogen) atoms. The summed E-state index contributed by atoms with van der Waals surface area (Å²) in [7, 11) is 2.97. The molecule has 0 bridgehead atoms. The SMILES string of the molecule is CNC(=O)c1cn(CCCCc2ccc(NC(=O)Cc3cc(C(C)C(F)(F)F)ccn3)nn2)nn1.CNC(=O)c1cn(C[C@H](F)CCc2ccc(NC(=O)Cc3cc(C(F)(F)F)ccn3)nn2)nn1. The number of carbonyl (C=O) groups is 4. The zero-order chi connectivity index (χ0) is 50.1. The highest BCUT2D eigenvalue weighted by atomic mass is 19.4. The quantitative estimate of drug-likeness (QED) is 0.0635. The average Bonchev–Trinajstić information content (AvgIpc) is 4.00. The Morgan fingerprint density at radius 3 is 1.71 bits per heavy atom. The number of hydrogen-bond donors (Lipinski definition) is 4. The molecule has 0 saturated heterocycles. The van der Waals surface area contributed by atoms with Crippen LogP contribution in [-0.2, 0) is 54.5 Å². The molecule has 6 heterocycles. The number of pyridine rings is 2. The van der Waals surface area contributed by atoms with Gasteiger partial charge in [-0.15, -0.1) is 20.4 Å². The molecule has 0 spiro atoms. The van der Waals surface area contributed by atoms with Gasteiger partial charge in [-0.25, -0.2) is 9.07 Å². The second kappa shape index (κ2) is 24.2. The fourth-order valence-corrected chi connectivity index (χ4v) is 6.06. The predicted molar refractivity (Wildman–Crippen MR) is 230 cm³/mol. The van der Waals surface area contributed by atoms with E-state index in [0.29, 0.717) is 18.7 Å². The van der Waals surface area contributed by atoms with E-state index in [9.17, 15) is 49.9 Å². The van der Waals surface area contributed by atoms with Crippen LogP contribution in [0.5, 0.6) is 0 Å². The van der Waals surface area contributed by atoms with Crippen LogP contribution in [0.2, 0.25) is 0 Å². The molecule has 0 saturated carbocycles. The lowest BCUT2D eigenvalue weighted by atomic mass is 10.0. The molecule has 4 amide bonds. The minimum Gasteiger partial charge on any atom is -0.354 e. The van der Waals surface area contributed by atoms with Crippen LogP contribution in [0, 0.1) is 0 Å². The number of alkyl halides is 7. The molecule has 27 heteroatoms.